The largest absolute Gasteiger partial charge is 0.464 e. The Kier molecular flexibility index (Phi) is 3.09. The maximum Gasteiger partial charge on any atom is 0.357 e. The standard InChI is InChI=1S/C12H9FN2O2/c1-17-12(16)11-10(5-9(13)7-15-11)8-3-2-4-14-6-8/h2-7H,1H3. The van der Waals surface area contributed by atoms with Crippen LogP contribution >= 0.6 is 0 Å². The molecule has 0 spiro atoms. The molecule has 5 heteroatoms. The second-order valence-electron chi connectivity index (χ2n) is 3.28. The summed E-state index contributed by atoms with van der Waals surface area (Å²) in [5.41, 5.74) is 1.05. The van der Waals surface area contributed by atoms with E-state index < -0.39 is 11.8 Å². The van der Waals surface area contributed by atoms with Gasteiger partial charge in [-0.05, 0) is 12.1 Å². The van der Waals surface area contributed by atoms with Gasteiger partial charge in [0.1, 0.15) is 5.82 Å². The normalized spacial score (nSPS) is 10.0. The molecule has 0 radical (unpaired) electrons. The Labute approximate surface area is 97.1 Å². The molecule has 2 rings (SSSR count). The highest BCUT2D eigenvalue weighted by atomic mass is 19.1. The number of halogens is 1. The highest BCUT2D eigenvalue weighted by Gasteiger charge is 2.15. The van der Waals surface area contributed by atoms with Crippen LogP contribution in [-0.2, 0) is 4.74 Å². The molecular formula is C12H9FN2O2. The van der Waals surface area contributed by atoms with Crippen LogP contribution in [-0.4, -0.2) is 23.0 Å². The van der Waals surface area contributed by atoms with Crippen LogP contribution in [0.4, 0.5) is 4.39 Å². The molecule has 0 saturated heterocycles. The van der Waals surface area contributed by atoms with E-state index in [0.29, 0.717) is 11.1 Å². The van der Waals surface area contributed by atoms with Gasteiger partial charge in [-0.25, -0.2) is 14.2 Å². The highest BCUT2D eigenvalue weighted by Crippen LogP contribution is 2.22. The molecule has 2 heterocycles. The summed E-state index contributed by atoms with van der Waals surface area (Å²) in [6.07, 6.45) is 4.10. The number of esters is 1. The zero-order valence-corrected chi connectivity index (χ0v) is 9.05. The zero-order valence-electron chi connectivity index (χ0n) is 9.05. The number of rotatable bonds is 2. The van der Waals surface area contributed by atoms with Crippen molar-refractivity contribution in [3.05, 3.63) is 48.3 Å². The summed E-state index contributed by atoms with van der Waals surface area (Å²) in [6.45, 7) is 0. The van der Waals surface area contributed by atoms with Gasteiger partial charge in [0, 0.05) is 23.5 Å². The second-order valence-corrected chi connectivity index (χ2v) is 3.28. The van der Waals surface area contributed by atoms with E-state index in [1.54, 1.807) is 18.3 Å². The van der Waals surface area contributed by atoms with Crippen LogP contribution in [0.3, 0.4) is 0 Å². The maximum absolute atomic E-state index is 13.2. The molecule has 17 heavy (non-hydrogen) atoms. The molecule has 0 fully saturated rings. The minimum atomic E-state index is -0.608. The topological polar surface area (TPSA) is 52.1 Å². The van der Waals surface area contributed by atoms with Crippen molar-refractivity contribution in [1.82, 2.24) is 9.97 Å². The molecule has 0 aliphatic rings. The maximum atomic E-state index is 13.2. The third-order valence-corrected chi connectivity index (χ3v) is 2.21. The molecule has 0 aliphatic heterocycles. The SMILES string of the molecule is COC(=O)c1ncc(F)cc1-c1cccnc1. The summed E-state index contributed by atoms with van der Waals surface area (Å²) in [5.74, 6) is -1.12. The van der Waals surface area contributed by atoms with Crippen molar-refractivity contribution in [3.63, 3.8) is 0 Å². The highest BCUT2D eigenvalue weighted by molar-refractivity contribution is 5.94. The van der Waals surface area contributed by atoms with E-state index in [1.165, 1.54) is 19.4 Å². The predicted molar refractivity (Wildman–Crippen MR) is 58.8 cm³/mol. The third-order valence-electron chi connectivity index (χ3n) is 2.21. The predicted octanol–water partition coefficient (Wildman–Crippen LogP) is 2.07. The molecule has 0 bridgehead atoms. The Morgan fingerprint density at radius 1 is 1.41 bits per heavy atom. The van der Waals surface area contributed by atoms with Crippen LogP contribution in [0.1, 0.15) is 10.5 Å². The zero-order chi connectivity index (χ0) is 12.3. The molecule has 0 atom stereocenters. The van der Waals surface area contributed by atoms with Gasteiger partial charge in [-0.2, -0.15) is 0 Å². The molecule has 0 N–H and O–H groups in total. The van der Waals surface area contributed by atoms with Crippen molar-refractivity contribution >= 4 is 5.97 Å². The van der Waals surface area contributed by atoms with E-state index in [9.17, 15) is 9.18 Å². The number of aromatic nitrogens is 2. The van der Waals surface area contributed by atoms with E-state index >= 15 is 0 Å². The number of carbonyl (C=O) groups is 1. The molecule has 0 amide bonds. The minimum Gasteiger partial charge on any atom is -0.464 e. The number of hydrogen-bond donors (Lipinski definition) is 0. The third kappa shape index (κ3) is 2.28. The Hall–Kier alpha value is -2.30. The fraction of sp³-hybridized carbons (Fsp3) is 0.0833. The Morgan fingerprint density at radius 3 is 2.88 bits per heavy atom. The minimum absolute atomic E-state index is 0.0712. The number of carbonyl (C=O) groups excluding carboxylic acids is 1. The summed E-state index contributed by atoms with van der Waals surface area (Å²) < 4.78 is 17.8. The van der Waals surface area contributed by atoms with E-state index in [4.69, 9.17) is 0 Å². The molecule has 0 unspecified atom stereocenters. The van der Waals surface area contributed by atoms with Crippen molar-refractivity contribution < 1.29 is 13.9 Å². The fourth-order valence-corrected chi connectivity index (χ4v) is 1.44. The van der Waals surface area contributed by atoms with Crippen LogP contribution in [0.5, 0.6) is 0 Å². The van der Waals surface area contributed by atoms with E-state index in [-0.39, 0.29) is 5.69 Å². The van der Waals surface area contributed by atoms with Gasteiger partial charge in [-0.3, -0.25) is 4.98 Å². The lowest BCUT2D eigenvalue weighted by atomic mass is 10.1. The summed E-state index contributed by atoms with van der Waals surface area (Å²) in [5, 5.41) is 0. The summed E-state index contributed by atoms with van der Waals surface area (Å²) in [4.78, 5) is 19.2. The first kappa shape index (κ1) is 11.2. The van der Waals surface area contributed by atoms with Crippen molar-refractivity contribution in [2.45, 2.75) is 0 Å². The van der Waals surface area contributed by atoms with Gasteiger partial charge in [-0.15, -0.1) is 0 Å². The van der Waals surface area contributed by atoms with Gasteiger partial charge >= 0.3 is 5.97 Å². The van der Waals surface area contributed by atoms with Gasteiger partial charge in [0.25, 0.3) is 0 Å². The molecule has 2 aromatic heterocycles. The van der Waals surface area contributed by atoms with Crippen LogP contribution < -0.4 is 0 Å². The van der Waals surface area contributed by atoms with Crippen molar-refractivity contribution in [2.24, 2.45) is 0 Å². The van der Waals surface area contributed by atoms with Gasteiger partial charge in [0.2, 0.25) is 0 Å². The molecule has 0 aromatic carbocycles. The average molecular weight is 232 g/mol. The van der Waals surface area contributed by atoms with E-state index in [0.717, 1.165) is 6.20 Å². The van der Waals surface area contributed by atoms with Gasteiger partial charge in [-0.1, -0.05) is 6.07 Å². The van der Waals surface area contributed by atoms with Gasteiger partial charge in [0.05, 0.1) is 13.3 Å². The lowest BCUT2D eigenvalue weighted by molar-refractivity contribution is 0.0595. The molecule has 0 saturated carbocycles. The Bertz CT molecular complexity index is 543. The van der Waals surface area contributed by atoms with Crippen molar-refractivity contribution in [2.75, 3.05) is 7.11 Å². The molecule has 4 nitrogen and oxygen atoms in total. The van der Waals surface area contributed by atoms with Crippen LogP contribution in [0.15, 0.2) is 36.8 Å². The number of methoxy groups -OCH3 is 1. The second kappa shape index (κ2) is 4.69. The first-order valence-corrected chi connectivity index (χ1v) is 4.86. The Balaban J connectivity index is 2.59. The molecule has 2 aromatic rings. The lowest BCUT2D eigenvalue weighted by Crippen LogP contribution is -2.07. The summed E-state index contributed by atoms with van der Waals surface area (Å²) >= 11 is 0. The van der Waals surface area contributed by atoms with E-state index in [2.05, 4.69) is 14.7 Å². The van der Waals surface area contributed by atoms with Crippen molar-refractivity contribution in [3.8, 4) is 11.1 Å². The van der Waals surface area contributed by atoms with Crippen molar-refractivity contribution in [1.29, 1.82) is 0 Å². The monoisotopic (exact) mass is 232 g/mol. The summed E-state index contributed by atoms with van der Waals surface area (Å²) in [7, 11) is 1.25. The van der Waals surface area contributed by atoms with Gasteiger partial charge in [0.15, 0.2) is 5.69 Å². The number of ether oxygens (including phenoxy) is 1. The number of pyridine rings is 2. The van der Waals surface area contributed by atoms with Gasteiger partial charge < -0.3 is 4.74 Å². The molecule has 0 aliphatic carbocycles. The quantitative estimate of drug-likeness (QED) is 0.744. The number of hydrogen-bond acceptors (Lipinski definition) is 4. The van der Waals surface area contributed by atoms with Crippen LogP contribution in [0, 0.1) is 5.82 Å². The molecule has 86 valence electrons. The van der Waals surface area contributed by atoms with Crippen LogP contribution in [0.2, 0.25) is 0 Å². The lowest BCUT2D eigenvalue weighted by Gasteiger charge is -2.06. The first-order chi connectivity index (χ1) is 8.22. The average Bonchev–Trinajstić information content (AvgIpc) is 2.39. The Morgan fingerprint density at radius 2 is 2.24 bits per heavy atom. The smallest absolute Gasteiger partial charge is 0.357 e. The first-order valence-electron chi connectivity index (χ1n) is 4.86. The summed E-state index contributed by atoms with van der Waals surface area (Å²) in [6, 6.07) is 4.65. The number of nitrogens with zero attached hydrogens (tertiary/aromatic N) is 2. The molecular weight excluding hydrogens is 223 g/mol. The fourth-order valence-electron chi connectivity index (χ4n) is 1.44. The van der Waals surface area contributed by atoms with E-state index in [1.807, 2.05) is 0 Å². The van der Waals surface area contributed by atoms with Crippen LogP contribution in [0.25, 0.3) is 11.1 Å².